The maximum Gasteiger partial charge on any atom is 0.326 e. The predicted molar refractivity (Wildman–Crippen MR) is 76.2 cm³/mol. The van der Waals surface area contributed by atoms with Crippen LogP contribution in [0.3, 0.4) is 0 Å². The Kier molecular flexibility index (Phi) is 4.68. The number of halogens is 2. The van der Waals surface area contributed by atoms with Crippen LogP contribution in [0.1, 0.15) is 54.5 Å². The first kappa shape index (κ1) is 13.9. The molecule has 0 radical (unpaired) electrons. The van der Waals surface area contributed by atoms with E-state index in [0.717, 1.165) is 4.47 Å². The number of aliphatic carboxylic acids is 1. The van der Waals surface area contributed by atoms with Gasteiger partial charge in [-0.3, -0.25) is 4.79 Å². The summed E-state index contributed by atoms with van der Waals surface area (Å²) in [5.41, 5.74) is 1.92. The van der Waals surface area contributed by atoms with Crippen LogP contribution < -0.4 is 0 Å². The van der Waals surface area contributed by atoms with Gasteiger partial charge in [0.05, 0.1) is 0 Å². The molecule has 0 spiro atoms. The van der Waals surface area contributed by atoms with E-state index >= 15 is 0 Å². The van der Waals surface area contributed by atoms with E-state index in [9.17, 15) is 4.79 Å². The van der Waals surface area contributed by atoms with Crippen LogP contribution in [-0.2, 0) is 4.79 Å². The lowest BCUT2D eigenvalue weighted by Gasteiger charge is -2.23. The summed E-state index contributed by atoms with van der Waals surface area (Å²) in [6.07, 6.45) is 6.34. The molecule has 18 heavy (non-hydrogen) atoms. The van der Waals surface area contributed by atoms with Crippen LogP contribution in [0.25, 0.3) is 0 Å². The van der Waals surface area contributed by atoms with Crippen molar-refractivity contribution in [2.45, 2.75) is 43.4 Å². The van der Waals surface area contributed by atoms with Gasteiger partial charge in [0.1, 0.15) is 0 Å². The molecule has 0 aliphatic heterocycles. The zero-order valence-corrected chi connectivity index (χ0v) is 12.4. The third kappa shape index (κ3) is 3.07. The number of carboxylic acid groups (broad SMARTS) is 1. The van der Waals surface area contributed by atoms with Gasteiger partial charge in [0.2, 0.25) is 0 Å². The van der Waals surface area contributed by atoms with Crippen LogP contribution >= 0.6 is 27.5 Å². The second-order valence-electron chi connectivity index (χ2n) is 4.82. The molecule has 0 heterocycles. The van der Waals surface area contributed by atoms with Crippen molar-refractivity contribution in [2.24, 2.45) is 0 Å². The second kappa shape index (κ2) is 6.07. The number of benzene rings is 1. The summed E-state index contributed by atoms with van der Waals surface area (Å²) < 4.78 is 0.985. The molecular formula is C14H16BrClO2. The van der Waals surface area contributed by atoms with Gasteiger partial charge in [0.15, 0.2) is 5.38 Å². The Labute approximate surface area is 120 Å². The van der Waals surface area contributed by atoms with E-state index in [4.69, 9.17) is 16.7 Å². The number of alkyl halides is 1. The predicted octanol–water partition coefficient (Wildman–Crippen LogP) is 4.86. The fraction of sp³-hybridized carbons (Fsp3) is 0.500. The van der Waals surface area contributed by atoms with E-state index in [1.165, 1.54) is 37.7 Å². The normalized spacial score (nSPS) is 18.6. The first-order chi connectivity index (χ1) is 8.59. The molecule has 1 aliphatic carbocycles. The first-order valence-electron chi connectivity index (χ1n) is 6.26. The molecule has 1 N–H and O–H groups in total. The van der Waals surface area contributed by atoms with Crippen LogP contribution in [0.4, 0.5) is 0 Å². The highest BCUT2D eigenvalue weighted by Crippen LogP contribution is 2.37. The fourth-order valence-corrected chi connectivity index (χ4v) is 3.44. The molecule has 1 aromatic rings. The molecule has 2 rings (SSSR count). The molecule has 0 amide bonds. The van der Waals surface area contributed by atoms with Gasteiger partial charge in [0.25, 0.3) is 0 Å². The molecule has 1 aliphatic rings. The second-order valence-corrected chi connectivity index (χ2v) is 6.11. The largest absolute Gasteiger partial charge is 0.480 e. The van der Waals surface area contributed by atoms with Crippen LogP contribution in [0.15, 0.2) is 22.7 Å². The Morgan fingerprint density at radius 2 is 2.00 bits per heavy atom. The van der Waals surface area contributed by atoms with Crippen molar-refractivity contribution in [3.63, 3.8) is 0 Å². The number of carboxylic acids is 1. The lowest BCUT2D eigenvalue weighted by molar-refractivity contribution is -0.136. The summed E-state index contributed by atoms with van der Waals surface area (Å²) in [5, 5.41) is 7.93. The van der Waals surface area contributed by atoms with Gasteiger partial charge >= 0.3 is 5.97 Å². The number of hydrogen-bond acceptors (Lipinski definition) is 1. The molecule has 2 nitrogen and oxygen atoms in total. The Morgan fingerprint density at radius 3 is 2.56 bits per heavy atom. The molecule has 0 bridgehead atoms. The molecule has 0 aromatic heterocycles. The summed E-state index contributed by atoms with van der Waals surface area (Å²) >= 11 is 9.38. The van der Waals surface area contributed by atoms with E-state index < -0.39 is 11.3 Å². The third-order valence-corrected chi connectivity index (χ3v) is 4.70. The van der Waals surface area contributed by atoms with Gasteiger partial charge in [-0.05, 0) is 36.0 Å². The van der Waals surface area contributed by atoms with Gasteiger partial charge in [-0.25, -0.2) is 0 Å². The van der Waals surface area contributed by atoms with Crippen LogP contribution in [-0.4, -0.2) is 11.1 Å². The van der Waals surface area contributed by atoms with Gasteiger partial charge in [-0.2, -0.15) is 0 Å². The van der Waals surface area contributed by atoms with E-state index in [1.807, 2.05) is 18.2 Å². The van der Waals surface area contributed by atoms with Gasteiger partial charge in [-0.1, -0.05) is 47.3 Å². The summed E-state index contributed by atoms with van der Waals surface area (Å²) in [6.45, 7) is 0. The lowest BCUT2D eigenvalue weighted by atomic mass is 9.84. The van der Waals surface area contributed by atoms with Crippen molar-refractivity contribution in [2.75, 3.05) is 0 Å². The van der Waals surface area contributed by atoms with E-state index in [0.29, 0.717) is 11.5 Å². The van der Waals surface area contributed by atoms with E-state index in [2.05, 4.69) is 15.9 Å². The number of hydrogen-bond donors (Lipinski definition) is 1. The Bertz CT molecular complexity index is 441. The van der Waals surface area contributed by atoms with Crippen molar-refractivity contribution in [3.05, 3.63) is 33.8 Å². The smallest absolute Gasteiger partial charge is 0.326 e. The molecule has 4 heteroatoms. The van der Waals surface area contributed by atoms with Crippen molar-refractivity contribution >= 4 is 33.5 Å². The standard InChI is InChI=1S/C14H16BrClO2/c15-12-8-10(13(16)14(17)18)6-7-11(12)9-4-2-1-3-5-9/h6-9,13H,1-5H2,(H,17,18). The lowest BCUT2D eigenvalue weighted by Crippen LogP contribution is -2.08. The van der Waals surface area contributed by atoms with E-state index in [-0.39, 0.29) is 0 Å². The van der Waals surface area contributed by atoms with Gasteiger partial charge < -0.3 is 5.11 Å². The van der Waals surface area contributed by atoms with Crippen molar-refractivity contribution in [3.8, 4) is 0 Å². The number of carbonyl (C=O) groups is 1. The zero-order valence-electron chi connectivity index (χ0n) is 10.0. The Balaban J connectivity index is 2.21. The zero-order chi connectivity index (χ0) is 13.1. The van der Waals surface area contributed by atoms with Gasteiger partial charge in [0, 0.05) is 4.47 Å². The first-order valence-corrected chi connectivity index (χ1v) is 7.48. The van der Waals surface area contributed by atoms with Crippen LogP contribution in [0.2, 0.25) is 0 Å². The van der Waals surface area contributed by atoms with E-state index in [1.54, 1.807) is 0 Å². The minimum Gasteiger partial charge on any atom is -0.480 e. The highest BCUT2D eigenvalue weighted by atomic mass is 79.9. The van der Waals surface area contributed by atoms with Crippen LogP contribution in [0.5, 0.6) is 0 Å². The topological polar surface area (TPSA) is 37.3 Å². The van der Waals surface area contributed by atoms with Crippen molar-refractivity contribution in [1.29, 1.82) is 0 Å². The molecule has 1 atom stereocenters. The fourth-order valence-electron chi connectivity index (χ4n) is 2.59. The number of rotatable bonds is 3. The molecule has 0 saturated heterocycles. The highest BCUT2D eigenvalue weighted by Gasteiger charge is 2.21. The maximum absolute atomic E-state index is 10.9. The van der Waals surface area contributed by atoms with Gasteiger partial charge in [-0.15, -0.1) is 11.6 Å². The highest BCUT2D eigenvalue weighted by molar-refractivity contribution is 9.10. The molecule has 1 aromatic carbocycles. The Morgan fingerprint density at radius 1 is 1.33 bits per heavy atom. The average Bonchev–Trinajstić information content (AvgIpc) is 2.38. The minimum absolute atomic E-state index is 0.598. The Hall–Kier alpha value is -0.540. The third-order valence-electron chi connectivity index (χ3n) is 3.58. The molecule has 1 saturated carbocycles. The molecule has 1 unspecified atom stereocenters. The van der Waals surface area contributed by atoms with Crippen molar-refractivity contribution < 1.29 is 9.90 Å². The quantitative estimate of drug-likeness (QED) is 0.803. The average molecular weight is 332 g/mol. The molecular weight excluding hydrogens is 316 g/mol. The summed E-state index contributed by atoms with van der Waals surface area (Å²) in [6, 6.07) is 5.70. The summed E-state index contributed by atoms with van der Waals surface area (Å²) in [5.74, 6) is -0.408. The van der Waals surface area contributed by atoms with Crippen LogP contribution in [0, 0.1) is 0 Å². The minimum atomic E-state index is -1.01. The SMILES string of the molecule is O=C(O)C(Cl)c1ccc(C2CCCCC2)c(Br)c1. The summed E-state index contributed by atoms with van der Waals surface area (Å²) in [7, 11) is 0. The van der Waals surface area contributed by atoms with Crippen molar-refractivity contribution in [1.82, 2.24) is 0 Å². The molecule has 1 fully saturated rings. The monoisotopic (exact) mass is 330 g/mol. The maximum atomic E-state index is 10.9. The molecule has 98 valence electrons. The summed E-state index contributed by atoms with van der Waals surface area (Å²) in [4.78, 5) is 10.9.